The number of hydrogen-bond acceptors (Lipinski definition) is 4. The lowest BCUT2D eigenvalue weighted by Crippen LogP contribution is -2.41. The van der Waals surface area contributed by atoms with E-state index in [0.29, 0.717) is 13.2 Å². The molecule has 0 unspecified atom stereocenters. The first kappa shape index (κ1) is 13.3. The summed E-state index contributed by atoms with van der Waals surface area (Å²) in [5, 5.41) is 0. The molecule has 2 aliphatic heterocycles. The average molecular weight is 275 g/mol. The molecule has 2 aliphatic rings. The van der Waals surface area contributed by atoms with Crippen molar-refractivity contribution in [3.63, 3.8) is 0 Å². The quantitative estimate of drug-likeness (QED) is 0.774. The Morgan fingerprint density at radius 1 is 1.20 bits per heavy atom. The molecule has 2 saturated heterocycles. The van der Waals surface area contributed by atoms with E-state index in [1.165, 1.54) is 4.90 Å². The van der Waals surface area contributed by atoms with Crippen molar-refractivity contribution in [2.24, 2.45) is 0 Å². The van der Waals surface area contributed by atoms with E-state index in [0.717, 1.165) is 5.56 Å². The fourth-order valence-corrected chi connectivity index (χ4v) is 2.76. The molecule has 0 saturated carbocycles. The van der Waals surface area contributed by atoms with Crippen LogP contribution in [0.5, 0.6) is 0 Å². The lowest BCUT2D eigenvalue weighted by Gasteiger charge is -2.23. The van der Waals surface area contributed by atoms with Crippen LogP contribution in [0.1, 0.15) is 18.9 Å². The zero-order chi connectivity index (χ0) is 14.2. The monoisotopic (exact) mass is 275 g/mol. The zero-order valence-corrected chi connectivity index (χ0v) is 11.4. The molecule has 0 aromatic heterocycles. The van der Waals surface area contributed by atoms with Crippen LogP contribution in [0, 0.1) is 0 Å². The lowest BCUT2D eigenvalue weighted by molar-refractivity contribution is -0.146. The van der Waals surface area contributed by atoms with Crippen molar-refractivity contribution in [1.29, 1.82) is 0 Å². The molecule has 0 bridgehead atoms. The molecule has 0 radical (unpaired) electrons. The predicted molar refractivity (Wildman–Crippen MR) is 70.8 cm³/mol. The van der Waals surface area contributed by atoms with Gasteiger partial charge in [-0.05, 0) is 12.5 Å². The van der Waals surface area contributed by atoms with Gasteiger partial charge in [-0.1, -0.05) is 30.3 Å². The van der Waals surface area contributed by atoms with E-state index in [1.54, 1.807) is 0 Å². The summed E-state index contributed by atoms with van der Waals surface area (Å²) in [5.74, 6) is -0.340. The van der Waals surface area contributed by atoms with Crippen LogP contribution in [0.3, 0.4) is 0 Å². The van der Waals surface area contributed by atoms with Crippen molar-refractivity contribution in [1.82, 2.24) is 4.90 Å². The molecule has 1 aromatic carbocycles. The number of carbonyl (C=O) groups is 2. The molecular weight excluding hydrogens is 258 g/mol. The van der Waals surface area contributed by atoms with Crippen molar-refractivity contribution < 1.29 is 19.1 Å². The van der Waals surface area contributed by atoms with Crippen molar-refractivity contribution >= 4 is 11.8 Å². The fourth-order valence-electron chi connectivity index (χ4n) is 2.76. The third kappa shape index (κ3) is 2.13. The van der Waals surface area contributed by atoms with E-state index in [-0.39, 0.29) is 24.8 Å². The summed E-state index contributed by atoms with van der Waals surface area (Å²) in [6.45, 7) is 3.02. The Morgan fingerprint density at radius 2 is 1.85 bits per heavy atom. The van der Waals surface area contributed by atoms with Gasteiger partial charge in [0, 0.05) is 6.42 Å². The van der Waals surface area contributed by atoms with Crippen molar-refractivity contribution in [3.8, 4) is 0 Å². The van der Waals surface area contributed by atoms with Crippen LogP contribution in [0.2, 0.25) is 0 Å². The summed E-state index contributed by atoms with van der Waals surface area (Å²) in [5.41, 5.74) is 0.0887. The Kier molecular flexibility index (Phi) is 3.31. The van der Waals surface area contributed by atoms with Crippen molar-refractivity contribution in [2.45, 2.75) is 25.0 Å². The van der Waals surface area contributed by atoms with Crippen molar-refractivity contribution in [2.75, 3.05) is 19.8 Å². The minimum atomic E-state index is -0.781. The number of nitrogens with zero attached hydrogens (tertiary/aromatic N) is 1. The zero-order valence-electron chi connectivity index (χ0n) is 11.4. The largest absolute Gasteiger partial charge is 0.348 e. The Hall–Kier alpha value is -1.72. The Morgan fingerprint density at radius 3 is 2.50 bits per heavy atom. The molecule has 3 rings (SSSR count). The molecular formula is C15H17NO4. The van der Waals surface area contributed by atoms with Gasteiger partial charge in [-0.25, -0.2) is 0 Å². The predicted octanol–water partition coefficient (Wildman–Crippen LogP) is 1.08. The van der Waals surface area contributed by atoms with E-state index in [4.69, 9.17) is 9.47 Å². The van der Waals surface area contributed by atoms with Crippen LogP contribution in [0.25, 0.3) is 0 Å². The maximum atomic E-state index is 12.6. The average Bonchev–Trinajstić information content (AvgIpc) is 3.04. The topological polar surface area (TPSA) is 55.8 Å². The van der Waals surface area contributed by atoms with Crippen LogP contribution in [-0.2, 0) is 24.5 Å². The van der Waals surface area contributed by atoms with E-state index >= 15 is 0 Å². The fraction of sp³-hybridized carbons (Fsp3) is 0.467. The minimum absolute atomic E-state index is 0.166. The van der Waals surface area contributed by atoms with E-state index < -0.39 is 11.7 Å². The summed E-state index contributed by atoms with van der Waals surface area (Å²) < 4.78 is 10.6. The number of rotatable bonds is 3. The summed E-state index contributed by atoms with van der Waals surface area (Å²) in [7, 11) is 0. The second kappa shape index (κ2) is 5.00. The van der Waals surface area contributed by atoms with Gasteiger partial charge < -0.3 is 9.47 Å². The number of carbonyl (C=O) groups excluding carboxylic acids is 2. The number of ether oxygens (including phenoxy) is 2. The Balaban J connectivity index is 1.82. The van der Waals surface area contributed by atoms with Gasteiger partial charge in [-0.15, -0.1) is 0 Å². The second-order valence-corrected chi connectivity index (χ2v) is 5.36. The minimum Gasteiger partial charge on any atom is -0.348 e. The number of amides is 2. The van der Waals surface area contributed by atoms with E-state index in [9.17, 15) is 9.59 Å². The smallest absolute Gasteiger partial charge is 0.240 e. The number of likely N-dealkylation sites (tertiary alicyclic amines) is 1. The molecule has 0 spiro atoms. The van der Waals surface area contributed by atoms with Gasteiger partial charge in [0.05, 0.1) is 25.2 Å². The van der Waals surface area contributed by atoms with Gasteiger partial charge in [0.25, 0.3) is 0 Å². The van der Waals surface area contributed by atoms with Crippen LogP contribution >= 0.6 is 0 Å². The highest BCUT2D eigenvalue weighted by Crippen LogP contribution is 2.36. The highest BCUT2D eigenvalue weighted by Gasteiger charge is 2.49. The highest BCUT2D eigenvalue weighted by molar-refractivity contribution is 6.08. The first-order valence-corrected chi connectivity index (χ1v) is 6.75. The highest BCUT2D eigenvalue weighted by atomic mass is 16.7. The van der Waals surface area contributed by atoms with Gasteiger partial charge in [-0.3, -0.25) is 14.5 Å². The summed E-state index contributed by atoms with van der Waals surface area (Å²) in [4.78, 5) is 26.0. The molecule has 2 heterocycles. The van der Waals surface area contributed by atoms with Crippen LogP contribution < -0.4 is 0 Å². The molecule has 20 heavy (non-hydrogen) atoms. The molecule has 5 heteroatoms. The van der Waals surface area contributed by atoms with Crippen LogP contribution in [-0.4, -0.2) is 42.8 Å². The van der Waals surface area contributed by atoms with Gasteiger partial charge in [0.1, 0.15) is 0 Å². The number of imide groups is 1. The van der Waals surface area contributed by atoms with Gasteiger partial charge >= 0.3 is 0 Å². The number of hydrogen-bond donors (Lipinski definition) is 0. The maximum absolute atomic E-state index is 12.6. The van der Waals surface area contributed by atoms with Crippen molar-refractivity contribution in [3.05, 3.63) is 35.9 Å². The molecule has 1 atom stereocenters. The van der Waals surface area contributed by atoms with Crippen LogP contribution in [0.15, 0.2) is 30.3 Å². The van der Waals surface area contributed by atoms with Gasteiger partial charge in [0.2, 0.25) is 11.8 Å². The van der Waals surface area contributed by atoms with Gasteiger partial charge in [0.15, 0.2) is 6.29 Å². The van der Waals surface area contributed by atoms with Crippen LogP contribution in [0.4, 0.5) is 0 Å². The molecule has 2 fully saturated rings. The second-order valence-electron chi connectivity index (χ2n) is 5.36. The third-order valence-corrected chi connectivity index (χ3v) is 3.96. The Labute approximate surface area is 117 Å². The normalized spacial score (nSPS) is 27.6. The molecule has 5 nitrogen and oxygen atoms in total. The third-order valence-electron chi connectivity index (χ3n) is 3.96. The SMILES string of the molecule is C[C@]1(c2ccccc2)CC(=O)N(CC2OCCO2)C1=O. The summed E-state index contributed by atoms with van der Waals surface area (Å²) >= 11 is 0. The molecule has 1 aromatic rings. The first-order chi connectivity index (χ1) is 9.61. The molecule has 0 aliphatic carbocycles. The molecule has 106 valence electrons. The van der Waals surface area contributed by atoms with Gasteiger partial charge in [-0.2, -0.15) is 0 Å². The van der Waals surface area contributed by atoms with E-state index in [2.05, 4.69) is 0 Å². The van der Waals surface area contributed by atoms with E-state index in [1.807, 2.05) is 37.3 Å². The summed E-state index contributed by atoms with van der Waals surface area (Å²) in [6, 6.07) is 9.43. The molecule has 2 amide bonds. The molecule has 0 N–H and O–H groups in total. The standard InChI is InChI=1S/C15H17NO4/c1-15(11-5-3-2-4-6-11)9-12(17)16(14(15)18)10-13-19-7-8-20-13/h2-6,13H,7-10H2,1H3/t15-/m1/s1. The number of benzene rings is 1. The Bertz CT molecular complexity index is 524. The maximum Gasteiger partial charge on any atom is 0.240 e. The first-order valence-electron chi connectivity index (χ1n) is 6.75. The lowest BCUT2D eigenvalue weighted by atomic mass is 9.81. The summed E-state index contributed by atoms with van der Waals surface area (Å²) in [6.07, 6.45) is -0.288.